The molecule has 5 rings (SSSR count). The second kappa shape index (κ2) is 11.2. The first kappa shape index (κ1) is 29.9. The zero-order chi connectivity index (χ0) is 29.7. The van der Waals surface area contributed by atoms with Gasteiger partial charge in [0.25, 0.3) is 0 Å². The van der Waals surface area contributed by atoms with Crippen LogP contribution in [0.1, 0.15) is 91.2 Å². The molecule has 0 saturated heterocycles. The predicted octanol–water partition coefficient (Wildman–Crippen LogP) is 8.36. The normalized spacial score (nSPS) is 20.4. The monoisotopic (exact) mass is 667 g/mol. The topological polar surface area (TPSA) is 55.8 Å². The third-order valence-electron chi connectivity index (χ3n) is 8.22. The van der Waals surface area contributed by atoms with E-state index in [0.29, 0.717) is 37.5 Å². The first-order valence-electron chi connectivity index (χ1n) is 14.8. The average molecular weight is 668 g/mol. The number of benzene rings is 2. The van der Waals surface area contributed by atoms with Crippen LogP contribution in [-0.2, 0) is 16.1 Å². The van der Waals surface area contributed by atoms with E-state index in [1.807, 2.05) is 32.9 Å². The van der Waals surface area contributed by atoms with Gasteiger partial charge in [0.2, 0.25) is 0 Å². The highest BCUT2D eigenvalue weighted by atomic mass is 127. The molecule has 5 nitrogen and oxygen atoms in total. The van der Waals surface area contributed by atoms with E-state index in [9.17, 15) is 9.59 Å². The average Bonchev–Trinajstić information content (AvgIpc) is 2.86. The van der Waals surface area contributed by atoms with Crippen molar-refractivity contribution in [2.75, 3.05) is 6.61 Å². The molecule has 0 radical (unpaired) electrons. The summed E-state index contributed by atoms with van der Waals surface area (Å²) in [6.45, 7) is 15.8. The van der Waals surface area contributed by atoms with Crippen molar-refractivity contribution in [1.82, 2.24) is 4.90 Å². The first-order valence-corrected chi connectivity index (χ1v) is 15.8. The zero-order valence-electron chi connectivity index (χ0n) is 25.4. The van der Waals surface area contributed by atoms with Crippen LogP contribution >= 0.6 is 22.6 Å². The van der Waals surface area contributed by atoms with E-state index >= 15 is 0 Å². The van der Waals surface area contributed by atoms with E-state index in [-0.39, 0.29) is 28.5 Å². The number of carbonyl (C=O) groups is 2. The summed E-state index contributed by atoms with van der Waals surface area (Å²) in [6.07, 6.45) is 2.49. The molecule has 1 heterocycles. The molecule has 218 valence electrons. The van der Waals surface area contributed by atoms with Gasteiger partial charge in [-0.1, -0.05) is 58.0 Å². The van der Waals surface area contributed by atoms with Crippen LogP contribution in [0.5, 0.6) is 11.5 Å². The zero-order valence-corrected chi connectivity index (χ0v) is 27.6. The van der Waals surface area contributed by atoms with Crippen LogP contribution in [0.25, 0.3) is 0 Å². The molecular formula is C35H42INO4. The maximum absolute atomic E-state index is 14.2. The molecule has 41 heavy (non-hydrogen) atoms. The van der Waals surface area contributed by atoms with Gasteiger partial charge in [0.1, 0.15) is 0 Å². The summed E-state index contributed by atoms with van der Waals surface area (Å²) >= 11 is 2.30. The molecule has 6 heteroatoms. The summed E-state index contributed by atoms with van der Waals surface area (Å²) in [5.41, 5.74) is 5.46. The standard InChI is InChI=1S/C35H42INO4/c1-8-40-29-15-23(14-24(36)33(29)41-21(2)3)30-31-25(16-34(4,5)18-27(31)38)37(20-22-12-10-9-11-13-22)26-17-35(6,7)19-28(39)32(26)30/h9-15,21,30H,8,16-20H2,1-7H3. The largest absolute Gasteiger partial charge is 0.490 e. The van der Waals surface area contributed by atoms with Crippen molar-refractivity contribution in [3.63, 3.8) is 0 Å². The number of Topliss-reactive ketones (excluding diaryl/α,β-unsaturated/α-hetero) is 2. The number of hydrogen-bond acceptors (Lipinski definition) is 5. The molecule has 2 aromatic carbocycles. The Morgan fingerprint density at radius 1 is 0.902 bits per heavy atom. The van der Waals surface area contributed by atoms with Crippen molar-refractivity contribution < 1.29 is 19.1 Å². The number of nitrogens with zero attached hydrogens (tertiary/aromatic N) is 1. The Balaban J connectivity index is 1.77. The van der Waals surface area contributed by atoms with E-state index in [4.69, 9.17) is 9.47 Å². The quantitative estimate of drug-likeness (QED) is 0.278. The van der Waals surface area contributed by atoms with Gasteiger partial charge in [0.15, 0.2) is 23.1 Å². The van der Waals surface area contributed by atoms with Gasteiger partial charge in [-0.25, -0.2) is 0 Å². The fourth-order valence-electron chi connectivity index (χ4n) is 6.71. The summed E-state index contributed by atoms with van der Waals surface area (Å²) in [5.74, 6) is 1.23. The summed E-state index contributed by atoms with van der Waals surface area (Å²) < 4.78 is 13.2. The van der Waals surface area contributed by atoms with Gasteiger partial charge in [-0.05, 0) is 90.3 Å². The molecule has 0 fully saturated rings. The number of ether oxygens (including phenoxy) is 2. The van der Waals surface area contributed by atoms with Crippen molar-refractivity contribution in [2.45, 2.75) is 92.7 Å². The molecule has 0 atom stereocenters. The third-order valence-corrected chi connectivity index (χ3v) is 9.03. The number of ketones is 2. The Bertz CT molecular complexity index is 1380. The maximum atomic E-state index is 14.2. The minimum absolute atomic E-state index is 0.0114. The van der Waals surface area contributed by atoms with Crippen molar-refractivity contribution in [1.29, 1.82) is 0 Å². The Morgan fingerprint density at radius 2 is 1.46 bits per heavy atom. The van der Waals surface area contributed by atoms with Gasteiger partial charge < -0.3 is 14.4 Å². The molecule has 3 aliphatic rings. The van der Waals surface area contributed by atoms with Gasteiger partial charge in [-0.2, -0.15) is 0 Å². The van der Waals surface area contributed by atoms with Gasteiger partial charge in [0.05, 0.1) is 16.3 Å². The summed E-state index contributed by atoms with van der Waals surface area (Å²) in [6, 6.07) is 14.5. The minimum atomic E-state index is -0.417. The maximum Gasteiger partial charge on any atom is 0.174 e. The number of rotatable bonds is 7. The molecule has 0 unspecified atom stereocenters. The second-order valence-electron chi connectivity index (χ2n) is 13.5. The van der Waals surface area contributed by atoms with E-state index in [1.54, 1.807) is 0 Å². The van der Waals surface area contributed by atoms with Crippen LogP contribution < -0.4 is 9.47 Å². The molecule has 2 aliphatic carbocycles. The Kier molecular flexibility index (Phi) is 8.18. The van der Waals surface area contributed by atoms with E-state index in [1.165, 1.54) is 5.56 Å². The van der Waals surface area contributed by atoms with Gasteiger partial charge >= 0.3 is 0 Å². The highest BCUT2D eigenvalue weighted by Gasteiger charge is 2.49. The Hall–Kier alpha value is -2.61. The van der Waals surface area contributed by atoms with Gasteiger partial charge in [-0.3, -0.25) is 9.59 Å². The summed E-state index contributed by atoms with van der Waals surface area (Å²) in [5, 5.41) is 0. The van der Waals surface area contributed by atoms with Crippen LogP contribution in [0.4, 0.5) is 0 Å². The molecule has 0 amide bonds. The van der Waals surface area contributed by atoms with Crippen molar-refractivity contribution >= 4 is 34.2 Å². The van der Waals surface area contributed by atoms with E-state index in [0.717, 1.165) is 44.5 Å². The van der Waals surface area contributed by atoms with Gasteiger partial charge in [-0.15, -0.1) is 0 Å². The summed E-state index contributed by atoms with van der Waals surface area (Å²) in [7, 11) is 0. The lowest BCUT2D eigenvalue weighted by Crippen LogP contribution is -2.44. The minimum Gasteiger partial charge on any atom is -0.490 e. The molecule has 0 saturated carbocycles. The highest BCUT2D eigenvalue weighted by Crippen LogP contribution is 2.55. The van der Waals surface area contributed by atoms with Crippen LogP contribution in [0.3, 0.4) is 0 Å². The predicted molar refractivity (Wildman–Crippen MR) is 171 cm³/mol. The second-order valence-corrected chi connectivity index (χ2v) is 14.7. The lowest BCUT2D eigenvalue weighted by Gasteiger charge is -2.49. The molecule has 0 aromatic heterocycles. The van der Waals surface area contributed by atoms with Crippen LogP contribution in [0.2, 0.25) is 0 Å². The fourth-order valence-corrected chi connectivity index (χ4v) is 7.46. The third kappa shape index (κ3) is 5.99. The molecule has 0 bridgehead atoms. The van der Waals surface area contributed by atoms with E-state index < -0.39 is 5.92 Å². The molecule has 1 aliphatic heterocycles. The number of carbonyl (C=O) groups excluding carboxylic acids is 2. The SMILES string of the molecule is CCOc1cc(C2C3=C(CC(C)(C)CC3=O)N(Cc3ccccc3)C3=C2C(=O)CC(C)(C)C3)cc(I)c1OC(C)C. The lowest BCUT2D eigenvalue weighted by molar-refractivity contribution is -0.119. The number of halogens is 1. The van der Waals surface area contributed by atoms with E-state index in [2.05, 4.69) is 85.5 Å². The Labute approximate surface area is 258 Å². The summed E-state index contributed by atoms with van der Waals surface area (Å²) in [4.78, 5) is 30.7. The van der Waals surface area contributed by atoms with Crippen molar-refractivity contribution in [3.05, 3.63) is 79.7 Å². The number of allylic oxidation sites excluding steroid dienone is 4. The van der Waals surface area contributed by atoms with Crippen LogP contribution in [-0.4, -0.2) is 29.2 Å². The lowest BCUT2D eigenvalue weighted by atomic mass is 9.63. The molecular weight excluding hydrogens is 625 g/mol. The Morgan fingerprint density at radius 3 is 1.98 bits per heavy atom. The van der Waals surface area contributed by atoms with Crippen molar-refractivity contribution in [2.24, 2.45) is 10.8 Å². The van der Waals surface area contributed by atoms with Crippen LogP contribution in [0.15, 0.2) is 65.0 Å². The smallest absolute Gasteiger partial charge is 0.174 e. The van der Waals surface area contributed by atoms with Gasteiger partial charge in [0, 0.05) is 47.8 Å². The molecule has 0 N–H and O–H groups in total. The van der Waals surface area contributed by atoms with Crippen LogP contribution in [0, 0.1) is 14.4 Å². The highest BCUT2D eigenvalue weighted by molar-refractivity contribution is 14.1. The molecule has 2 aromatic rings. The van der Waals surface area contributed by atoms with Crippen molar-refractivity contribution in [3.8, 4) is 11.5 Å². The molecule has 0 spiro atoms. The number of hydrogen-bond donors (Lipinski definition) is 0. The first-order chi connectivity index (χ1) is 19.3. The fraction of sp³-hybridized carbons (Fsp3) is 0.486.